The van der Waals surface area contributed by atoms with Crippen molar-refractivity contribution in [1.82, 2.24) is 15.6 Å². The van der Waals surface area contributed by atoms with E-state index in [0.29, 0.717) is 18.5 Å². The van der Waals surface area contributed by atoms with Crippen molar-refractivity contribution in [1.29, 1.82) is 0 Å². The van der Waals surface area contributed by atoms with Crippen molar-refractivity contribution in [3.63, 3.8) is 0 Å². The van der Waals surface area contributed by atoms with Crippen LogP contribution in [-0.4, -0.2) is 37.5 Å². The molecule has 2 aromatic heterocycles. The quantitative estimate of drug-likeness (QED) is 0.658. The third kappa shape index (κ3) is 5.02. The number of nitrogens with one attached hydrogen (secondary N) is 3. The topological polar surface area (TPSA) is 117 Å². The number of hydrogen-bond acceptors (Lipinski definition) is 7. The Morgan fingerprint density at radius 2 is 2.23 bits per heavy atom. The Labute approximate surface area is 159 Å². The normalized spacial score (nSPS) is 20.4. The predicted octanol–water partition coefficient (Wildman–Crippen LogP) is 1.25. The molecule has 140 valence electrons. The Balaban J connectivity index is 1.62. The Hall–Kier alpha value is -1.98. The average molecular weight is 415 g/mol. The van der Waals surface area contributed by atoms with Crippen molar-refractivity contribution < 1.29 is 18.0 Å². The summed E-state index contributed by atoms with van der Waals surface area (Å²) in [4.78, 5) is 29.2. The van der Waals surface area contributed by atoms with Gasteiger partial charge in [0.15, 0.2) is 5.13 Å². The summed E-state index contributed by atoms with van der Waals surface area (Å²) in [6.07, 6.45) is 2.02. The molecule has 0 unspecified atom stereocenters. The van der Waals surface area contributed by atoms with E-state index in [1.165, 1.54) is 11.3 Å². The predicted molar refractivity (Wildman–Crippen MR) is 101 cm³/mol. The molecule has 8 nitrogen and oxygen atoms in total. The van der Waals surface area contributed by atoms with Crippen LogP contribution in [0.3, 0.4) is 0 Å². The highest BCUT2D eigenvalue weighted by molar-refractivity contribution is 7.92. The molecule has 0 saturated carbocycles. The molecule has 1 aliphatic rings. The van der Waals surface area contributed by atoms with E-state index in [9.17, 15) is 18.0 Å². The van der Waals surface area contributed by atoms with Crippen LogP contribution in [0.2, 0.25) is 0 Å². The number of amides is 2. The second-order valence-corrected chi connectivity index (χ2v) is 9.55. The molecule has 3 rings (SSSR count). The molecular formula is C15H18N4O4S3. The van der Waals surface area contributed by atoms with Gasteiger partial charge in [0.25, 0.3) is 0 Å². The van der Waals surface area contributed by atoms with Crippen LogP contribution in [0.1, 0.15) is 29.5 Å². The Bertz CT molecular complexity index is 892. The van der Waals surface area contributed by atoms with Crippen LogP contribution in [0.15, 0.2) is 22.9 Å². The maximum atomic E-state index is 12.4. The summed E-state index contributed by atoms with van der Waals surface area (Å²) in [6.45, 7) is 0. The maximum absolute atomic E-state index is 12.4. The molecule has 2 atom stereocenters. The van der Waals surface area contributed by atoms with Gasteiger partial charge in [0.05, 0.1) is 30.5 Å². The van der Waals surface area contributed by atoms with Gasteiger partial charge in [-0.05, 0) is 17.9 Å². The molecule has 0 bridgehead atoms. The van der Waals surface area contributed by atoms with Crippen LogP contribution in [0.25, 0.3) is 0 Å². The van der Waals surface area contributed by atoms with Crippen LogP contribution in [0.5, 0.6) is 0 Å². The zero-order valence-corrected chi connectivity index (χ0v) is 16.3. The molecule has 1 aliphatic heterocycles. The van der Waals surface area contributed by atoms with E-state index in [-0.39, 0.29) is 35.5 Å². The standard InChI is InChI=1S/C15H18N4O4S3/c1-26(22,23)19-15-16-9(8-25-15)7-13(21)17-10-4-5-12(20)18-14(10)11-3-2-6-24-11/h2-3,6,8,10,14H,4-5,7H2,1H3,(H,16,19)(H,17,21)(H,18,20)/t10-,14-/m1/s1. The molecule has 0 aromatic carbocycles. The summed E-state index contributed by atoms with van der Waals surface area (Å²) < 4.78 is 24.7. The molecule has 3 N–H and O–H groups in total. The fourth-order valence-corrected chi connectivity index (χ4v) is 5.11. The Kier molecular flexibility index (Phi) is 5.58. The van der Waals surface area contributed by atoms with Crippen molar-refractivity contribution in [2.24, 2.45) is 0 Å². The van der Waals surface area contributed by atoms with Crippen LogP contribution in [0.4, 0.5) is 5.13 Å². The Morgan fingerprint density at radius 3 is 2.92 bits per heavy atom. The van der Waals surface area contributed by atoms with Gasteiger partial charge in [0.1, 0.15) is 0 Å². The SMILES string of the molecule is CS(=O)(=O)Nc1nc(CC(=O)N[C@@H]2CCC(=O)N[C@H]2c2cccs2)cs1. The number of thiophene rings is 1. The van der Waals surface area contributed by atoms with E-state index >= 15 is 0 Å². The van der Waals surface area contributed by atoms with Crippen molar-refractivity contribution in [2.75, 3.05) is 11.0 Å². The van der Waals surface area contributed by atoms with Gasteiger partial charge in [-0.15, -0.1) is 22.7 Å². The van der Waals surface area contributed by atoms with E-state index in [2.05, 4.69) is 20.3 Å². The fourth-order valence-electron chi connectivity index (χ4n) is 2.71. The van der Waals surface area contributed by atoms with Crippen molar-refractivity contribution in [2.45, 2.75) is 31.3 Å². The third-order valence-corrected chi connectivity index (χ3v) is 6.22. The Morgan fingerprint density at radius 1 is 1.42 bits per heavy atom. The smallest absolute Gasteiger partial charge is 0.231 e. The lowest BCUT2D eigenvalue weighted by atomic mass is 9.96. The molecule has 3 heterocycles. The number of hydrogen-bond donors (Lipinski definition) is 3. The van der Waals surface area contributed by atoms with E-state index in [1.807, 2.05) is 17.5 Å². The average Bonchev–Trinajstić information content (AvgIpc) is 3.19. The minimum atomic E-state index is -3.39. The molecule has 0 aliphatic carbocycles. The summed E-state index contributed by atoms with van der Waals surface area (Å²) in [7, 11) is -3.39. The van der Waals surface area contributed by atoms with Gasteiger partial charge in [0, 0.05) is 16.7 Å². The monoisotopic (exact) mass is 414 g/mol. The number of carbonyl (C=O) groups excluding carboxylic acids is 2. The van der Waals surface area contributed by atoms with E-state index in [1.54, 1.807) is 5.38 Å². The first-order valence-corrected chi connectivity index (χ1v) is 11.5. The molecule has 26 heavy (non-hydrogen) atoms. The second-order valence-electron chi connectivity index (χ2n) is 5.97. The van der Waals surface area contributed by atoms with Crippen LogP contribution in [0, 0.1) is 0 Å². The van der Waals surface area contributed by atoms with Gasteiger partial charge in [0.2, 0.25) is 21.8 Å². The summed E-state index contributed by atoms with van der Waals surface area (Å²) in [5, 5.41) is 9.71. The molecule has 11 heteroatoms. The van der Waals surface area contributed by atoms with Crippen molar-refractivity contribution in [3.8, 4) is 0 Å². The lowest BCUT2D eigenvalue weighted by Crippen LogP contribution is -2.50. The van der Waals surface area contributed by atoms with Gasteiger partial charge in [-0.25, -0.2) is 13.4 Å². The number of thiazole rings is 1. The second kappa shape index (κ2) is 7.72. The molecule has 1 saturated heterocycles. The number of nitrogens with zero attached hydrogens (tertiary/aromatic N) is 1. The van der Waals surface area contributed by atoms with Crippen molar-refractivity contribution in [3.05, 3.63) is 33.5 Å². The minimum absolute atomic E-state index is 0.0232. The number of aromatic nitrogens is 1. The molecule has 0 radical (unpaired) electrons. The van der Waals surface area contributed by atoms with Crippen molar-refractivity contribution >= 4 is 49.6 Å². The summed E-state index contributed by atoms with van der Waals surface area (Å²) in [6, 6.07) is 3.42. The van der Waals surface area contributed by atoms with Gasteiger partial charge < -0.3 is 10.6 Å². The maximum Gasteiger partial charge on any atom is 0.231 e. The highest BCUT2D eigenvalue weighted by Gasteiger charge is 2.31. The number of sulfonamides is 1. The third-order valence-electron chi connectivity index (χ3n) is 3.76. The highest BCUT2D eigenvalue weighted by atomic mass is 32.2. The first kappa shape index (κ1) is 18.8. The van der Waals surface area contributed by atoms with Gasteiger partial charge in [-0.1, -0.05) is 6.07 Å². The number of rotatable bonds is 6. The minimum Gasteiger partial charge on any atom is -0.351 e. The van der Waals surface area contributed by atoms with E-state index < -0.39 is 10.0 Å². The zero-order chi connectivity index (χ0) is 18.7. The van der Waals surface area contributed by atoms with Crippen LogP contribution < -0.4 is 15.4 Å². The zero-order valence-electron chi connectivity index (χ0n) is 13.9. The van der Waals surface area contributed by atoms with Crippen LogP contribution in [-0.2, 0) is 26.0 Å². The number of anilines is 1. The number of piperidine rings is 1. The fraction of sp³-hybridized carbons (Fsp3) is 0.400. The first-order chi connectivity index (χ1) is 12.3. The highest BCUT2D eigenvalue weighted by Crippen LogP contribution is 2.27. The number of carbonyl (C=O) groups is 2. The molecule has 0 spiro atoms. The molecule has 1 fully saturated rings. The van der Waals surface area contributed by atoms with E-state index in [0.717, 1.165) is 22.5 Å². The van der Waals surface area contributed by atoms with Gasteiger partial charge >= 0.3 is 0 Å². The molecule has 2 amide bonds. The summed E-state index contributed by atoms with van der Waals surface area (Å²) in [5.74, 6) is -0.242. The van der Waals surface area contributed by atoms with Gasteiger partial charge in [-0.3, -0.25) is 14.3 Å². The van der Waals surface area contributed by atoms with Gasteiger partial charge in [-0.2, -0.15) is 0 Å². The van der Waals surface area contributed by atoms with E-state index in [4.69, 9.17) is 0 Å². The summed E-state index contributed by atoms with van der Waals surface area (Å²) in [5.41, 5.74) is 0.492. The lowest BCUT2D eigenvalue weighted by Gasteiger charge is -2.32. The lowest BCUT2D eigenvalue weighted by molar-refractivity contribution is -0.126. The summed E-state index contributed by atoms with van der Waals surface area (Å²) >= 11 is 2.66. The van der Waals surface area contributed by atoms with Crippen LogP contribution >= 0.6 is 22.7 Å². The first-order valence-electron chi connectivity index (χ1n) is 7.84. The largest absolute Gasteiger partial charge is 0.351 e. The molecule has 2 aromatic rings. The molecular weight excluding hydrogens is 396 g/mol.